The Morgan fingerprint density at radius 3 is 2.44 bits per heavy atom. The fourth-order valence-corrected chi connectivity index (χ4v) is 3.07. The Kier molecular flexibility index (Phi) is 4.49. The fraction of sp³-hybridized carbons (Fsp3) is 0.200. The Morgan fingerprint density at radius 1 is 1.07 bits per heavy atom. The smallest absolute Gasteiger partial charge is 0.255 e. The van der Waals surface area contributed by atoms with Crippen molar-refractivity contribution in [2.75, 3.05) is 18.5 Å². The molecule has 0 radical (unpaired) electrons. The first-order valence-electron chi connectivity index (χ1n) is 8.56. The van der Waals surface area contributed by atoms with Crippen molar-refractivity contribution in [1.82, 2.24) is 9.78 Å². The topological polar surface area (TPSA) is 65.4 Å². The van der Waals surface area contributed by atoms with Gasteiger partial charge in [0.2, 0.25) is 0 Å². The van der Waals surface area contributed by atoms with E-state index in [0.717, 1.165) is 17.1 Å². The van der Waals surface area contributed by atoms with Crippen LogP contribution in [0.25, 0.3) is 5.69 Å². The Labute approximate surface area is 161 Å². The van der Waals surface area contributed by atoms with Crippen LogP contribution in [0, 0.1) is 13.8 Å². The molecule has 0 saturated heterocycles. The third kappa shape index (κ3) is 3.36. The lowest BCUT2D eigenvalue weighted by molar-refractivity contribution is 0.102. The summed E-state index contributed by atoms with van der Waals surface area (Å²) in [6.07, 6.45) is 0. The quantitative estimate of drug-likeness (QED) is 0.737. The highest BCUT2D eigenvalue weighted by atomic mass is 35.5. The molecule has 27 heavy (non-hydrogen) atoms. The van der Waals surface area contributed by atoms with Crippen LogP contribution < -0.4 is 14.8 Å². The molecule has 4 rings (SSSR count). The Balaban J connectivity index is 1.52. The van der Waals surface area contributed by atoms with Gasteiger partial charge in [-0.05, 0) is 50.2 Å². The molecule has 6 nitrogen and oxygen atoms in total. The number of aromatic nitrogens is 2. The van der Waals surface area contributed by atoms with Crippen LogP contribution in [0.4, 0.5) is 5.69 Å². The van der Waals surface area contributed by atoms with Gasteiger partial charge in [0.1, 0.15) is 13.2 Å². The highest BCUT2D eigenvalue weighted by Crippen LogP contribution is 2.32. The Morgan fingerprint density at radius 2 is 1.78 bits per heavy atom. The maximum atomic E-state index is 12.5. The molecule has 0 unspecified atom stereocenters. The molecular formula is C20H18ClN3O3. The monoisotopic (exact) mass is 383 g/mol. The van der Waals surface area contributed by atoms with E-state index >= 15 is 0 Å². The van der Waals surface area contributed by atoms with Gasteiger partial charge in [0, 0.05) is 17.3 Å². The zero-order valence-electron chi connectivity index (χ0n) is 15.0. The molecule has 0 aliphatic carbocycles. The predicted octanol–water partition coefficient (Wildman–Crippen LogP) is 4.17. The van der Waals surface area contributed by atoms with E-state index in [4.69, 9.17) is 21.1 Å². The number of halogens is 1. The highest BCUT2D eigenvalue weighted by Gasteiger charge is 2.14. The van der Waals surface area contributed by atoms with Gasteiger partial charge in [0.15, 0.2) is 11.5 Å². The van der Waals surface area contributed by atoms with Crippen molar-refractivity contribution in [2.24, 2.45) is 0 Å². The van der Waals surface area contributed by atoms with Crippen LogP contribution in [0.5, 0.6) is 11.5 Å². The standard InChI is InChI=1S/C20H18ClN3O3/c1-12-19(21)13(2)24(23-12)16-6-3-14(4-7-16)20(25)22-15-5-8-17-18(11-15)27-10-9-26-17/h3-8,11H,9-10H2,1-2H3,(H,22,25). The first kappa shape index (κ1) is 17.4. The van der Waals surface area contributed by atoms with Crippen LogP contribution in [0.15, 0.2) is 42.5 Å². The Hall–Kier alpha value is -2.99. The molecule has 1 aliphatic heterocycles. The number of fused-ring (bicyclic) bond motifs is 1. The molecule has 0 fully saturated rings. The van der Waals surface area contributed by atoms with Crippen molar-refractivity contribution in [3.05, 3.63) is 64.4 Å². The summed E-state index contributed by atoms with van der Waals surface area (Å²) in [6.45, 7) is 4.81. The summed E-state index contributed by atoms with van der Waals surface area (Å²) in [6, 6.07) is 12.5. The highest BCUT2D eigenvalue weighted by molar-refractivity contribution is 6.31. The molecule has 1 aliphatic rings. The minimum atomic E-state index is -0.204. The number of hydrogen-bond acceptors (Lipinski definition) is 4. The van der Waals surface area contributed by atoms with Crippen molar-refractivity contribution in [3.63, 3.8) is 0 Å². The average Bonchev–Trinajstić information content (AvgIpc) is 2.95. The molecule has 138 valence electrons. The molecule has 0 saturated carbocycles. The van der Waals surface area contributed by atoms with E-state index in [0.29, 0.717) is 41.0 Å². The summed E-state index contributed by atoms with van der Waals surface area (Å²) < 4.78 is 12.8. The van der Waals surface area contributed by atoms with Crippen molar-refractivity contribution in [1.29, 1.82) is 0 Å². The second kappa shape index (κ2) is 6.96. The summed E-state index contributed by atoms with van der Waals surface area (Å²) in [4.78, 5) is 12.5. The van der Waals surface area contributed by atoms with Gasteiger partial charge >= 0.3 is 0 Å². The van der Waals surface area contributed by atoms with Crippen molar-refractivity contribution in [3.8, 4) is 17.2 Å². The summed E-state index contributed by atoms with van der Waals surface area (Å²) in [5, 5.41) is 7.94. The second-order valence-corrected chi connectivity index (χ2v) is 6.63. The molecule has 2 heterocycles. The lowest BCUT2D eigenvalue weighted by Gasteiger charge is -2.19. The van der Waals surface area contributed by atoms with Crippen LogP contribution in [0.1, 0.15) is 21.7 Å². The largest absolute Gasteiger partial charge is 0.486 e. The summed E-state index contributed by atoms with van der Waals surface area (Å²) in [5.74, 6) is 1.12. The number of ether oxygens (including phenoxy) is 2. The van der Waals surface area contributed by atoms with E-state index < -0.39 is 0 Å². The van der Waals surface area contributed by atoms with Crippen LogP contribution in [0.3, 0.4) is 0 Å². The zero-order valence-corrected chi connectivity index (χ0v) is 15.7. The number of nitrogens with one attached hydrogen (secondary N) is 1. The molecule has 0 bridgehead atoms. The number of carbonyl (C=O) groups excluding carboxylic acids is 1. The van der Waals surface area contributed by atoms with E-state index in [1.165, 1.54) is 0 Å². The van der Waals surface area contributed by atoms with E-state index in [9.17, 15) is 4.79 Å². The number of amides is 1. The maximum Gasteiger partial charge on any atom is 0.255 e. The molecule has 7 heteroatoms. The number of aryl methyl sites for hydroxylation is 1. The van der Waals surface area contributed by atoms with Crippen molar-refractivity contribution < 1.29 is 14.3 Å². The van der Waals surface area contributed by atoms with Gasteiger partial charge in [-0.3, -0.25) is 4.79 Å². The van der Waals surface area contributed by atoms with Gasteiger partial charge in [-0.1, -0.05) is 11.6 Å². The van der Waals surface area contributed by atoms with E-state index in [1.807, 2.05) is 26.0 Å². The van der Waals surface area contributed by atoms with Gasteiger partial charge in [0.25, 0.3) is 5.91 Å². The van der Waals surface area contributed by atoms with Crippen LogP contribution in [-0.4, -0.2) is 28.9 Å². The van der Waals surface area contributed by atoms with Crippen molar-refractivity contribution >= 4 is 23.2 Å². The third-order valence-electron chi connectivity index (χ3n) is 4.38. The first-order valence-corrected chi connectivity index (χ1v) is 8.94. The molecule has 0 spiro atoms. The molecular weight excluding hydrogens is 366 g/mol. The van der Waals surface area contributed by atoms with E-state index in [-0.39, 0.29) is 5.91 Å². The van der Waals surface area contributed by atoms with Crippen molar-refractivity contribution in [2.45, 2.75) is 13.8 Å². The summed E-state index contributed by atoms with van der Waals surface area (Å²) in [7, 11) is 0. The van der Waals surface area contributed by atoms with Crippen LogP contribution in [0.2, 0.25) is 5.02 Å². The number of hydrogen-bond donors (Lipinski definition) is 1. The van der Waals surface area contributed by atoms with E-state index in [1.54, 1.807) is 35.0 Å². The third-order valence-corrected chi connectivity index (χ3v) is 4.92. The molecule has 1 aromatic heterocycles. The van der Waals surface area contributed by atoms with Gasteiger partial charge in [-0.2, -0.15) is 5.10 Å². The molecule has 1 amide bonds. The lowest BCUT2D eigenvalue weighted by atomic mass is 10.2. The molecule has 1 N–H and O–H groups in total. The maximum absolute atomic E-state index is 12.5. The van der Waals surface area contributed by atoms with E-state index in [2.05, 4.69) is 10.4 Å². The van der Waals surface area contributed by atoms with Crippen LogP contribution >= 0.6 is 11.6 Å². The molecule has 0 atom stereocenters. The van der Waals surface area contributed by atoms with Gasteiger partial charge < -0.3 is 14.8 Å². The SMILES string of the molecule is Cc1nn(-c2ccc(C(=O)Nc3ccc4c(c3)OCCO4)cc2)c(C)c1Cl. The second-order valence-electron chi connectivity index (χ2n) is 6.26. The summed E-state index contributed by atoms with van der Waals surface area (Å²) in [5.41, 5.74) is 3.68. The lowest BCUT2D eigenvalue weighted by Crippen LogP contribution is -2.16. The number of anilines is 1. The average molecular weight is 384 g/mol. The molecule has 2 aromatic carbocycles. The zero-order chi connectivity index (χ0) is 19.0. The number of nitrogens with zero attached hydrogens (tertiary/aromatic N) is 2. The predicted molar refractivity (Wildman–Crippen MR) is 103 cm³/mol. The van der Waals surface area contributed by atoms with Gasteiger partial charge in [-0.15, -0.1) is 0 Å². The fourth-order valence-electron chi connectivity index (χ4n) is 2.95. The molecule has 3 aromatic rings. The van der Waals surface area contributed by atoms with Gasteiger partial charge in [0.05, 0.1) is 22.1 Å². The first-order chi connectivity index (χ1) is 13.0. The number of benzene rings is 2. The Bertz CT molecular complexity index is 1010. The van der Waals surface area contributed by atoms with Gasteiger partial charge in [-0.25, -0.2) is 4.68 Å². The van der Waals surface area contributed by atoms with Crippen LogP contribution in [-0.2, 0) is 0 Å². The minimum absolute atomic E-state index is 0.204. The normalized spacial score (nSPS) is 12.7. The number of rotatable bonds is 3. The summed E-state index contributed by atoms with van der Waals surface area (Å²) >= 11 is 6.20. The minimum Gasteiger partial charge on any atom is -0.486 e. The number of carbonyl (C=O) groups is 1.